The van der Waals surface area contributed by atoms with Gasteiger partial charge in [-0.2, -0.15) is 0 Å². The van der Waals surface area contributed by atoms with Gasteiger partial charge in [0.15, 0.2) is 0 Å². The van der Waals surface area contributed by atoms with Gasteiger partial charge in [-0.25, -0.2) is 13.6 Å². The molecule has 3 N–H and O–H groups in total. The number of benzene rings is 1. The van der Waals surface area contributed by atoms with Crippen LogP contribution in [0.5, 0.6) is 0 Å². The molecule has 0 radical (unpaired) electrons. The first-order chi connectivity index (χ1) is 8.91. The van der Waals surface area contributed by atoms with Crippen molar-refractivity contribution in [3.05, 3.63) is 35.4 Å². The lowest BCUT2D eigenvalue weighted by atomic mass is 10.1. The molecule has 0 saturated carbocycles. The zero-order valence-electron chi connectivity index (χ0n) is 10.9. The van der Waals surface area contributed by atoms with Gasteiger partial charge in [-0.1, -0.05) is 19.9 Å². The van der Waals surface area contributed by atoms with Gasteiger partial charge in [0.05, 0.1) is 5.56 Å². The lowest BCUT2D eigenvalue weighted by molar-refractivity contribution is 0.164. The van der Waals surface area contributed by atoms with Gasteiger partial charge in [-0.3, -0.25) is 0 Å². The first kappa shape index (κ1) is 15.4. The maximum Gasteiger partial charge on any atom is 0.314 e. The lowest BCUT2D eigenvalue weighted by Crippen LogP contribution is -2.39. The fraction of sp³-hybridized carbons (Fsp3) is 0.462. The molecule has 4 nitrogen and oxygen atoms in total. The molecular formula is C13H18F2N2O2. The van der Waals surface area contributed by atoms with E-state index in [1.54, 1.807) is 0 Å². The molecule has 0 fully saturated rings. The summed E-state index contributed by atoms with van der Waals surface area (Å²) >= 11 is 0. The molecule has 0 spiro atoms. The number of urea groups is 1. The summed E-state index contributed by atoms with van der Waals surface area (Å²) < 4.78 is 26.7. The quantitative estimate of drug-likeness (QED) is 0.767. The summed E-state index contributed by atoms with van der Waals surface area (Å²) in [4.78, 5) is 11.3. The highest BCUT2D eigenvalue weighted by atomic mass is 19.1. The molecule has 2 amide bonds. The standard InChI is InChI=1S/C13H18F2N2O2/c1-8(2)6-16-13(19)17-7-11(18)12-9(14)4-3-5-10(12)15/h3-5,8,11,18H,6-7H2,1-2H3,(H2,16,17,19). The summed E-state index contributed by atoms with van der Waals surface area (Å²) in [5.74, 6) is -1.38. The van der Waals surface area contributed by atoms with Crippen LogP contribution < -0.4 is 10.6 Å². The molecule has 1 aromatic carbocycles. The Balaban J connectivity index is 2.51. The van der Waals surface area contributed by atoms with Crippen LogP contribution in [0, 0.1) is 17.6 Å². The number of carbonyl (C=O) groups is 1. The second-order valence-corrected chi connectivity index (χ2v) is 4.64. The van der Waals surface area contributed by atoms with Gasteiger partial charge in [0.1, 0.15) is 17.7 Å². The van der Waals surface area contributed by atoms with Crippen LogP contribution in [-0.4, -0.2) is 24.2 Å². The Morgan fingerprint density at radius 1 is 1.21 bits per heavy atom. The molecule has 19 heavy (non-hydrogen) atoms. The van der Waals surface area contributed by atoms with Crippen LogP contribution in [0.15, 0.2) is 18.2 Å². The van der Waals surface area contributed by atoms with Gasteiger partial charge in [-0.15, -0.1) is 0 Å². The smallest absolute Gasteiger partial charge is 0.314 e. The average molecular weight is 272 g/mol. The van der Waals surface area contributed by atoms with E-state index in [0.717, 1.165) is 12.1 Å². The van der Waals surface area contributed by atoms with Crippen LogP contribution in [0.3, 0.4) is 0 Å². The van der Waals surface area contributed by atoms with Crippen molar-refractivity contribution in [1.82, 2.24) is 10.6 Å². The van der Waals surface area contributed by atoms with Crippen LogP contribution in [-0.2, 0) is 0 Å². The molecule has 0 aliphatic carbocycles. The maximum absolute atomic E-state index is 13.4. The zero-order chi connectivity index (χ0) is 14.4. The summed E-state index contributed by atoms with van der Waals surface area (Å²) in [6.45, 7) is 4.09. The van der Waals surface area contributed by atoms with E-state index in [9.17, 15) is 18.7 Å². The monoisotopic (exact) mass is 272 g/mol. The van der Waals surface area contributed by atoms with Gasteiger partial charge >= 0.3 is 6.03 Å². The van der Waals surface area contributed by atoms with Crippen molar-refractivity contribution in [3.8, 4) is 0 Å². The van der Waals surface area contributed by atoms with Crippen molar-refractivity contribution >= 4 is 6.03 Å². The van der Waals surface area contributed by atoms with E-state index in [4.69, 9.17) is 0 Å². The first-order valence-corrected chi connectivity index (χ1v) is 6.05. The van der Waals surface area contributed by atoms with Crippen LogP contribution in [0.25, 0.3) is 0 Å². The van der Waals surface area contributed by atoms with Crippen molar-refractivity contribution in [2.24, 2.45) is 5.92 Å². The Bertz CT molecular complexity index is 418. The Morgan fingerprint density at radius 3 is 2.26 bits per heavy atom. The summed E-state index contributed by atoms with van der Waals surface area (Å²) in [6.07, 6.45) is -1.42. The molecule has 106 valence electrons. The van der Waals surface area contributed by atoms with Crippen molar-refractivity contribution in [3.63, 3.8) is 0 Å². The molecule has 1 rings (SSSR count). The molecule has 0 aliphatic rings. The van der Waals surface area contributed by atoms with Crippen molar-refractivity contribution in [2.45, 2.75) is 20.0 Å². The number of carbonyl (C=O) groups excluding carboxylic acids is 1. The third kappa shape index (κ3) is 4.82. The average Bonchev–Trinajstić information content (AvgIpc) is 2.33. The number of amides is 2. The number of hydrogen-bond acceptors (Lipinski definition) is 2. The molecular weight excluding hydrogens is 254 g/mol. The summed E-state index contributed by atoms with van der Waals surface area (Å²) in [5, 5.41) is 14.6. The first-order valence-electron chi connectivity index (χ1n) is 6.05. The Labute approximate surface area is 110 Å². The third-order valence-electron chi connectivity index (χ3n) is 2.46. The summed E-state index contributed by atoms with van der Waals surface area (Å²) in [7, 11) is 0. The normalized spacial score (nSPS) is 12.3. The predicted octanol–water partition coefficient (Wildman–Crippen LogP) is 1.95. The Morgan fingerprint density at radius 2 is 1.74 bits per heavy atom. The van der Waals surface area contributed by atoms with Gasteiger partial charge < -0.3 is 15.7 Å². The minimum Gasteiger partial charge on any atom is -0.386 e. The van der Waals surface area contributed by atoms with Crippen LogP contribution in [0.1, 0.15) is 25.5 Å². The van der Waals surface area contributed by atoms with Crippen LogP contribution in [0.2, 0.25) is 0 Å². The van der Waals surface area contributed by atoms with Gasteiger partial charge in [0.2, 0.25) is 0 Å². The van der Waals surface area contributed by atoms with Gasteiger partial charge in [0.25, 0.3) is 0 Å². The number of hydrogen-bond donors (Lipinski definition) is 3. The molecule has 1 aromatic rings. The minimum absolute atomic E-state index is 0.262. The van der Waals surface area contributed by atoms with E-state index in [1.807, 2.05) is 13.8 Å². The van der Waals surface area contributed by atoms with Crippen LogP contribution >= 0.6 is 0 Å². The molecule has 0 bridgehead atoms. The Hall–Kier alpha value is -1.69. The second-order valence-electron chi connectivity index (χ2n) is 4.64. The minimum atomic E-state index is -1.42. The van der Waals surface area contributed by atoms with Crippen molar-refractivity contribution < 1.29 is 18.7 Å². The van der Waals surface area contributed by atoms with E-state index in [1.165, 1.54) is 6.07 Å². The summed E-state index contributed by atoms with van der Waals surface area (Å²) in [6, 6.07) is 2.84. The number of halogens is 2. The molecule has 0 heterocycles. The SMILES string of the molecule is CC(C)CNC(=O)NCC(O)c1c(F)cccc1F. The second kappa shape index (κ2) is 7.04. The van der Waals surface area contributed by atoms with E-state index >= 15 is 0 Å². The van der Waals surface area contributed by atoms with E-state index < -0.39 is 29.3 Å². The Kier molecular flexibility index (Phi) is 5.69. The molecule has 6 heteroatoms. The number of aliphatic hydroxyl groups is 1. The zero-order valence-corrected chi connectivity index (χ0v) is 10.9. The molecule has 1 unspecified atom stereocenters. The van der Waals surface area contributed by atoms with Crippen molar-refractivity contribution in [2.75, 3.05) is 13.1 Å². The molecule has 0 aromatic heterocycles. The predicted molar refractivity (Wildman–Crippen MR) is 67.6 cm³/mol. The fourth-order valence-electron chi connectivity index (χ4n) is 1.48. The number of rotatable bonds is 5. The highest BCUT2D eigenvalue weighted by Crippen LogP contribution is 2.19. The van der Waals surface area contributed by atoms with E-state index in [2.05, 4.69) is 10.6 Å². The molecule has 1 atom stereocenters. The van der Waals surface area contributed by atoms with Gasteiger partial charge in [0, 0.05) is 13.1 Å². The van der Waals surface area contributed by atoms with Gasteiger partial charge in [-0.05, 0) is 18.1 Å². The van der Waals surface area contributed by atoms with E-state index in [-0.39, 0.29) is 6.54 Å². The maximum atomic E-state index is 13.4. The largest absolute Gasteiger partial charge is 0.386 e. The van der Waals surface area contributed by atoms with Crippen molar-refractivity contribution in [1.29, 1.82) is 0 Å². The third-order valence-corrected chi connectivity index (χ3v) is 2.46. The molecule has 0 saturated heterocycles. The highest BCUT2D eigenvalue weighted by molar-refractivity contribution is 5.73. The lowest BCUT2D eigenvalue weighted by Gasteiger charge is -2.14. The topological polar surface area (TPSA) is 61.4 Å². The summed E-state index contributed by atoms with van der Waals surface area (Å²) in [5.41, 5.74) is -0.438. The van der Waals surface area contributed by atoms with Crippen LogP contribution in [0.4, 0.5) is 13.6 Å². The van der Waals surface area contributed by atoms with E-state index in [0.29, 0.717) is 12.5 Å². The fourth-order valence-corrected chi connectivity index (χ4v) is 1.48. The molecule has 0 aliphatic heterocycles. The number of aliphatic hydroxyl groups excluding tert-OH is 1. The highest BCUT2D eigenvalue weighted by Gasteiger charge is 2.18. The number of nitrogens with one attached hydrogen (secondary N) is 2.